The van der Waals surface area contributed by atoms with E-state index in [0.717, 1.165) is 12.2 Å². The van der Waals surface area contributed by atoms with E-state index in [1.54, 1.807) is 48.5 Å². The second-order valence-electron chi connectivity index (χ2n) is 5.54. The molecule has 0 spiro atoms. The number of carbonyl (C=O) groups is 2. The quantitative estimate of drug-likeness (QED) is 0.677. The normalized spacial score (nSPS) is 9.92. The maximum absolute atomic E-state index is 12.2. The molecule has 0 fully saturated rings. The second kappa shape index (κ2) is 9.53. The van der Waals surface area contributed by atoms with Crippen LogP contribution in [0, 0.1) is 0 Å². The number of hydrogen-bond donors (Lipinski definition) is 3. The molecule has 2 aromatic carbocycles. The topological polar surface area (TPSA) is 79.5 Å². The molecule has 0 heterocycles. The Labute approximate surface area is 157 Å². The highest BCUT2D eigenvalue weighted by molar-refractivity contribution is 7.80. The van der Waals surface area contributed by atoms with Crippen LogP contribution in [-0.4, -0.2) is 23.5 Å². The first-order chi connectivity index (χ1) is 12.5. The minimum Gasteiger partial charge on any atom is -0.494 e. The number of thiocarbonyl (C=S) groups is 1. The van der Waals surface area contributed by atoms with Crippen LogP contribution in [0.4, 0.5) is 11.4 Å². The third-order valence-electron chi connectivity index (χ3n) is 3.28. The minimum atomic E-state index is -0.306. The third-order valence-corrected chi connectivity index (χ3v) is 3.48. The molecule has 26 heavy (non-hydrogen) atoms. The van der Waals surface area contributed by atoms with Crippen LogP contribution in [0.25, 0.3) is 0 Å². The van der Waals surface area contributed by atoms with Crippen molar-refractivity contribution in [3.8, 4) is 5.75 Å². The van der Waals surface area contributed by atoms with Crippen LogP contribution >= 0.6 is 12.2 Å². The second-order valence-corrected chi connectivity index (χ2v) is 5.95. The molecule has 7 heteroatoms. The van der Waals surface area contributed by atoms with E-state index in [9.17, 15) is 9.59 Å². The van der Waals surface area contributed by atoms with Gasteiger partial charge in [-0.15, -0.1) is 0 Å². The molecule has 2 aromatic rings. The Kier molecular flexibility index (Phi) is 7.11. The molecule has 0 aliphatic heterocycles. The number of benzene rings is 2. The van der Waals surface area contributed by atoms with Crippen molar-refractivity contribution in [1.82, 2.24) is 5.32 Å². The molecule has 0 unspecified atom stereocenters. The minimum absolute atomic E-state index is 0.139. The van der Waals surface area contributed by atoms with Crippen molar-refractivity contribution in [2.24, 2.45) is 0 Å². The summed E-state index contributed by atoms with van der Waals surface area (Å²) in [6.45, 7) is 4.11. The predicted octanol–water partition coefficient (Wildman–Crippen LogP) is 3.56. The van der Waals surface area contributed by atoms with Gasteiger partial charge in [0.1, 0.15) is 5.75 Å². The van der Waals surface area contributed by atoms with E-state index < -0.39 is 0 Å². The lowest BCUT2D eigenvalue weighted by atomic mass is 10.2. The van der Waals surface area contributed by atoms with E-state index in [2.05, 4.69) is 16.0 Å². The van der Waals surface area contributed by atoms with Gasteiger partial charge in [-0.25, -0.2) is 0 Å². The molecule has 0 saturated carbocycles. The monoisotopic (exact) mass is 371 g/mol. The maximum Gasteiger partial charge on any atom is 0.257 e. The number of amides is 2. The molecule has 0 aliphatic rings. The fourth-order valence-corrected chi connectivity index (χ4v) is 2.31. The van der Waals surface area contributed by atoms with Gasteiger partial charge in [-0.3, -0.25) is 14.9 Å². The van der Waals surface area contributed by atoms with Crippen molar-refractivity contribution in [3.63, 3.8) is 0 Å². The lowest BCUT2D eigenvalue weighted by Gasteiger charge is -2.11. The van der Waals surface area contributed by atoms with E-state index in [-0.39, 0.29) is 16.9 Å². The zero-order chi connectivity index (χ0) is 18.9. The third kappa shape index (κ3) is 6.18. The Balaban J connectivity index is 1.88. The Hall–Kier alpha value is -2.93. The Morgan fingerprint density at radius 2 is 1.54 bits per heavy atom. The highest BCUT2D eigenvalue weighted by Gasteiger charge is 2.08. The molecule has 136 valence electrons. The number of rotatable bonds is 6. The standard InChI is InChI=1S/C19H21N3O3S/c1-3-12-25-17-10-4-14(5-11-17)18(24)22-19(26)21-16-8-6-15(7-9-16)20-13(2)23/h4-11H,3,12H2,1-2H3,(H,20,23)(H2,21,22,24,26). The Bertz CT molecular complexity index is 774. The Morgan fingerprint density at radius 1 is 0.962 bits per heavy atom. The van der Waals surface area contributed by atoms with Gasteiger partial charge < -0.3 is 15.4 Å². The summed E-state index contributed by atoms with van der Waals surface area (Å²) in [6, 6.07) is 13.9. The van der Waals surface area contributed by atoms with Gasteiger partial charge in [0.2, 0.25) is 5.91 Å². The highest BCUT2D eigenvalue weighted by atomic mass is 32.1. The summed E-state index contributed by atoms with van der Waals surface area (Å²) in [5.41, 5.74) is 1.87. The molecular weight excluding hydrogens is 350 g/mol. The summed E-state index contributed by atoms with van der Waals surface area (Å²) in [4.78, 5) is 23.2. The molecule has 6 nitrogen and oxygen atoms in total. The molecule has 0 atom stereocenters. The average Bonchev–Trinajstić information content (AvgIpc) is 2.61. The average molecular weight is 371 g/mol. The van der Waals surface area contributed by atoms with Crippen LogP contribution < -0.4 is 20.7 Å². The van der Waals surface area contributed by atoms with E-state index in [4.69, 9.17) is 17.0 Å². The van der Waals surface area contributed by atoms with Crippen LogP contribution in [0.2, 0.25) is 0 Å². The van der Waals surface area contributed by atoms with Gasteiger partial charge in [-0.2, -0.15) is 0 Å². The fourth-order valence-electron chi connectivity index (χ4n) is 2.10. The molecule has 3 N–H and O–H groups in total. The van der Waals surface area contributed by atoms with Crippen LogP contribution in [0.3, 0.4) is 0 Å². The summed E-state index contributed by atoms with van der Waals surface area (Å²) < 4.78 is 5.49. The van der Waals surface area contributed by atoms with Crippen LogP contribution in [0.15, 0.2) is 48.5 Å². The van der Waals surface area contributed by atoms with Gasteiger partial charge in [-0.1, -0.05) is 6.92 Å². The van der Waals surface area contributed by atoms with Crippen molar-refractivity contribution in [1.29, 1.82) is 0 Å². The van der Waals surface area contributed by atoms with Crippen LogP contribution in [0.1, 0.15) is 30.6 Å². The van der Waals surface area contributed by atoms with Crippen LogP contribution in [-0.2, 0) is 4.79 Å². The van der Waals surface area contributed by atoms with Gasteiger partial charge in [0.15, 0.2) is 5.11 Å². The first-order valence-corrected chi connectivity index (χ1v) is 8.61. The number of carbonyl (C=O) groups excluding carboxylic acids is 2. The Morgan fingerprint density at radius 3 is 2.08 bits per heavy atom. The summed E-state index contributed by atoms with van der Waals surface area (Å²) >= 11 is 5.16. The van der Waals surface area contributed by atoms with E-state index >= 15 is 0 Å². The zero-order valence-corrected chi connectivity index (χ0v) is 15.5. The van der Waals surface area contributed by atoms with Crippen molar-refractivity contribution in [3.05, 3.63) is 54.1 Å². The highest BCUT2D eigenvalue weighted by Crippen LogP contribution is 2.14. The lowest BCUT2D eigenvalue weighted by Crippen LogP contribution is -2.34. The maximum atomic E-state index is 12.2. The predicted molar refractivity (Wildman–Crippen MR) is 107 cm³/mol. The molecule has 0 aliphatic carbocycles. The van der Waals surface area contributed by atoms with E-state index in [1.165, 1.54) is 6.92 Å². The van der Waals surface area contributed by atoms with Gasteiger partial charge in [-0.05, 0) is 67.2 Å². The first-order valence-electron chi connectivity index (χ1n) is 8.21. The number of hydrogen-bond acceptors (Lipinski definition) is 4. The number of ether oxygens (including phenoxy) is 1. The van der Waals surface area contributed by atoms with Crippen molar-refractivity contribution < 1.29 is 14.3 Å². The summed E-state index contributed by atoms with van der Waals surface area (Å²) in [7, 11) is 0. The van der Waals surface area contributed by atoms with Crippen molar-refractivity contribution in [2.45, 2.75) is 20.3 Å². The van der Waals surface area contributed by atoms with Crippen LogP contribution in [0.5, 0.6) is 5.75 Å². The molecule has 0 saturated heterocycles. The van der Waals surface area contributed by atoms with Gasteiger partial charge in [0, 0.05) is 23.9 Å². The molecule has 0 aromatic heterocycles. The van der Waals surface area contributed by atoms with Gasteiger partial charge in [0.25, 0.3) is 5.91 Å². The molecule has 0 radical (unpaired) electrons. The van der Waals surface area contributed by atoms with Gasteiger partial charge in [0.05, 0.1) is 6.61 Å². The first kappa shape index (κ1) is 19.4. The molecular formula is C19H21N3O3S. The van der Waals surface area contributed by atoms with Crippen molar-refractivity contribution in [2.75, 3.05) is 17.2 Å². The zero-order valence-electron chi connectivity index (χ0n) is 14.7. The fraction of sp³-hybridized carbons (Fsp3) is 0.211. The summed E-state index contributed by atoms with van der Waals surface area (Å²) in [5.74, 6) is 0.280. The number of anilines is 2. The molecule has 0 bridgehead atoms. The number of nitrogens with one attached hydrogen (secondary N) is 3. The lowest BCUT2D eigenvalue weighted by molar-refractivity contribution is -0.114. The largest absolute Gasteiger partial charge is 0.494 e. The molecule has 2 rings (SSSR count). The van der Waals surface area contributed by atoms with Gasteiger partial charge >= 0.3 is 0 Å². The van der Waals surface area contributed by atoms with E-state index in [0.29, 0.717) is 23.5 Å². The SMILES string of the molecule is CCCOc1ccc(C(=O)NC(=S)Nc2ccc(NC(C)=O)cc2)cc1. The van der Waals surface area contributed by atoms with Crippen molar-refractivity contribution >= 4 is 40.5 Å². The molecule has 2 amide bonds. The summed E-state index contributed by atoms with van der Waals surface area (Å²) in [5, 5.41) is 8.41. The van der Waals surface area contributed by atoms with E-state index in [1.807, 2.05) is 6.92 Å². The summed E-state index contributed by atoms with van der Waals surface area (Å²) in [6.07, 6.45) is 0.925. The smallest absolute Gasteiger partial charge is 0.257 e.